The lowest BCUT2D eigenvalue weighted by atomic mass is 9.89. The Kier molecular flexibility index (Phi) is 7.95. The molecule has 0 aliphatic rings. The second-order valence-electron chi connectivity index (χ2n) is 4.94. The molecule has 0 saturated carbocycles. The summed E-state index contributed by atoms with van der Waals surface area (Å²) in [5.74, 6) is -0.141. The molecule has 0 spiro atoms. The molecular formula is C12H25O5P. The first-order valence-corrected chi connectivity index (χ1v) is 8.13. The van der Waals surface area contributed by atoms with Gasteiger partial charge >= 0.3 is 7.60 Å². The number of hydrogen-bond acceptors (Lipinski definition) is 5. The van der Waals surface area contributed by atoms with E-state index in [1.165, 1.54) is 13.8 Å². The monoisotopic (exact) mass is 280 g/mol. The van der Waals surface area contributed by atoms with Crippen molar-refractivity contribution in [2.45, 2.75) is 33.6 Å². The molecule has 5 nitrogen and oxygen atoms in total. The molecular weight excluding hydrogens is 255 g/mol. The topological polar surface area (TPSA) is 61.8 Å². The van der Waals surface area contributed by atoms with E-state index in [0.29, 0.717) is 13.2 Å². The normalized spacial score (nSPS) is 15.4. The zero-order valence-electron chi connectivity index (χ0n) is 12.0. The SMILES string of the molecule is CCCCOCC(C)(C)C(=O)COP(C)(=O)OC. The van der Waals surface area contributed by atoms with Crippen molar-refractivity contribution < 1.29 is 23.1 Å². The first-order chi connectivity index (χ1) is 8.25. The Hall–Kier alpha value is -0.220. The van der Waals surface area contributed by atoms with E-state index in [1.807, 2.05) is 0 Å². The summed E-state index contributed by atoms with van der Waals surface area (Å²) in [7, 11) is -1.80. The maximum Gasteiger partial charge on any atom is 0.327 e. The molecule has 18 heavy (non-hydrogen) atoms. The summed E-state index contributed by atoms with van der Waals surface area (Å²) in [6, 6.07) is 0. The van der Waals surface area contributed by atoms with Crippen LogP contribution < -0.4 is 0 Å². The van der Waals surface area contributed by atoms with Gasteiger partial charge in [0.2, 0.25) is 0 Å². The van der Waals surface area contributed by atoms with Crippen LogP contribution in [0.3, 0.4) is 0 Å². The molecule has 0 aromatic heterocycles. The first kappa shape index (κ1) is 17.8. The van der Waals surface area contributed by atoms with Crippen molar-refractivity contribution in [2.75, 3.05) is 33.6 Å². The van der Waals surface area contributed by atoms with Gasteiger partial charge in [0.15, 0.2) is 5.78 Å². The van der Waals surface area contributed by atoms with Gasteiger partial charge in [-0.05, 0) is 6.42 Å². The molecule has 108 valence electrons. The Morgan fingerprint density at radius 3 is 2.44 bits per heavy atom. The Morgan fingerprint density at radius 2 is 1.94 bits per heavy atom. The van der Waals surface area contributed by atoms with Gasteiger partial charge in [0.05, 0.1) is 6.61 Å². The number of ketones is 1. The molecule has 0 aliphatic heterocycles. The average Bonchev–Trinajstić information content (AvgIpc) is 2.31. The molecule has 0 rings (SSSR count). The Labute approximate surface area is 110 Å². The maximum absolute atomic E-state index is 11.9. The average molecular weight is 280 g/mol. The predicted molar refractivity (Wildman–Crippen MR) is 71.0 cm³/mol. The molecule has 0 aromatic carbocycles. The number of Topliss-reactive ketones (excluding diaryl/α,β-unsaturated/α-hetero) is 1. The minimum absolute atomic E-state index is 0.141. The largest absolute Gasteiger partial charge is 0.380 e. The van der Waals surface area contributed by atoms with E-state index < -0.39 is 13.0 Å². The molecule has 0 bridgehead atoms. The molecule has 6 heteroatoms. The van der Waals surface area contributed by atoms with Gasteiger partial charge in [0, 0.05) is 25.8 Å². The zero-order valence-corrected chi connectivity index (χ0v) is 12.9. The van der Waals surface area contributed by atoms with Crippen LogP contribution in [0.15, 0.2) is 0 Å². The van der Waals surface area contributed by atoms with Crippen LogP contribution in [0.25, 0.3) is 0 Å². The number of hydrogen-bond donors (Lipinski definition) is 0. The van der Waals surface area contributed by atoms with E-state index in [2.05, 4.69) is 11.4 Å². The Bertz CT molecular complexity index is 301. The summed E-state index contributed by atoms with van der Waals surface area (Å²) in [4.78, 5) is 11.9. The Morgan fingerprint density at radius 1 is 1.33 bits per heavy atom. The summed E-state index contributed by atoms with van der Waals surface area (Å²) in [5.41, 5.74) is -0.637. The predicted octanol–water partition coefficient (Wildman–Crippen LogP) is 2.88. The van der Waals surface area contributed by atoms with Crippen molar-refractivity contribution in [3.8, 4) is 0 Å². The molecule has 0 fully saturated rings. The summed E-state index contributed by atoms with van der Waals surface area (Å²) >= 11 is 0. The minimum atomic E-state index is -3.10. The lowest BCUT2D eigenvalue weighted by molar-refractivity contribution is -0.132. The highest BCUT2D eigenvalue weighted by Gasteiger charge is 2.29. The van der Waals surface area contributed by atoms with Crippen LogP contribution in [-0.4, -0.2) is 39.4 Å². The van der Waals surface area contributed by atoms with E-state index in [0.717, 1.165) is 12.8 Å². The third-order valence-electron chi connectivity index (χ3n) is 2.62. The van der Waals surface area contributed by atoms with E-state index in [-0.39, 0.29) is 12.4 Å². The lowest BCUT2D eigenvalue weighted by Crippen LogP contribution is -2.32. The lowest BCUT2D eigenvalue weighted by Gasteiger charge is -2.23. The molecule has 0 heterocycles. The molecule has 0 amide bonds. The van der Waals surface area contributed by atoms with Crippen molar-refractivity contribution >= 4 is 13.4 Å². The number of unbranched alkanes of at least 4 members (excludes halogenated alkanes) is 1. The van der Waals surface area contributed by atoms with Crippen molar-refractivity contribution in [3.63, 3.8) is 0 Å². The summed E-state index contributed by atoms with van der Waals surface area (Å²) in [6.45, 7) is 7.78. The number of carbonyl (C=O) groups excluding carboxylic acids is 1. The highest BCUT2D eigenvalue weighted by atomic mass is 31.2. The van der Waals surface area contributed by atoms with Crippen LogP contribution in [0.4, 0.5) is 0 Å². The standard InChI is InChI=1S/C12H25O5P/c1-6-7-8-16-10-12(2,3)11(13)9-17-18(5,14)15-4/h6-10H2,1-5H3. The van der Waals surface area contributed by atoms with Gasteiger partial charge in [-0.25, -0.2) is 0 Å². The van der Waals surface area contributed by atoms with Gasteiger partial charge < -0.3 is 13.8 Å². The van der Waals surface area contributed by atoms with Crippen LogP contribution in [0, 0.1) is 5.41 Å². The Balaban J connectivity index is 4.10. The summed E-state index contributed by atoms with van der Waals surface area (Å²) in [5, 5.41) is 0. The maximum atomic E-state index is 11.9. The van der Waals surface area contributed by atoms with Crippen molar-refractivity contribution in [2.24, 2.45) is 5.41 Å². The summed E-state index contributed by atoms with van der Waals surface area (Å²) < 4.78 is 26.6. The van der Waals surface area contributed by atoms with Gasteiger partial charge in [0.1, 0.15) is 6.61 Å². The smallest absolute Gasteiger partial charge is 0.327 e. The molecule has 0 aromatic rings. The molecule has 1 unspecified atom stereocenters. The summed E-state index contributed by atoms with van der Waals surface area (Å²) in [6.07, 6.45) is 2.04. The van der Waals surface area contributed by atoms with Gasteiger partial charge in [-0.2, -0.15) is 0 Å². The van der Waals surface area contributed by atoms with Gasteiger partial charge in [-0.1, -0.05) is 27.2 Å². The third kappa shape index (κ3) is 7.27. The van der Waals surface area contributed by atoms with Crippen molar-refractivity contribution in [1.82, 2.24) is 0 Å². The van der Waals surface area contributed by atoms with E-state index in [1.54, 1.807) is 13.8 Å². The van der Waals surface area contributed by atoms with Crippen LogP contribution in [0.5, 0.6) is 0 Å². The third-order valence-corrected chi connectivity index (χ3v) is 3.88. The quantitative estimate of drug-likeness (QED) is 0.455. The van der Waals surface area contributed by atoms with Gasteiger partial charge in [0.25, 0.3) is 0 Å². The van der Waals surface area contributed by atoms with E-state index >= 15 is 0 Å². The fourth-order valence-electron chi connectivity index (χ4n) is 1.08. The van der Waals surface area contributed by atoms with Gasteiger partial charge in [-0.15, -0.1) is 0 Å². The van der Waals surface area contributed by atoms with Crippen molar-refractivity contribution in [3.05, 3.63) is 0 Å². The van der Waals surface area contributed by atoms with Crippen LogP contribution >= 0.6 is 7.60 Å². The van der Waals surface area contributed by atoms with Crippen molar-refractivity contribution in [1.29, 1.82) is 0 Å². The molecule has 0 saturated heterocycles. The molecule has 0 aliphatic carbocycles. The second kappa shape index (κ2) is 8.05. The molecule has 0 N–H and O–H groups in total. The fourth-order valence-corrected chi connectivity index (χ4v) is 1.54. The highest BCUT2D eigenvalue weighted by Crippen LogP contribution is 2.42. The van der Waals surface area contributed by atoms with Crippen LogP contribution in [0.2, 0.25) is 0 Å². The number of carbonyl (C=O) groups is 1. The molecule has 0 radical (unpaired) electrons. The number of ether oxygens (including phenoxy) is 1. The zero-order chi connectivity index (χ0) is 14.2. The highest BCUT2D eigenvalue weighted by molar-refractivity contribution is 7.52. The first-order valence-electron chi connectivity index (χ1n) is 6.14. The van der Waals surface area contributed by atoms with E-state index in [4.69, 9.17) is 9.26 Å². The number of rotatable bonds is 10. The molecule has 1 atom stereocenters. The fraction of sp³-hybridized carbons (Fsp3) is 0.917. The second-order valence-corrected chi connectivity index (χ2v) is 7.11. The van der Waals surface area contributed by atoms with Crippen LogP contribution in [0.1, 0.15) is 33.6 Å². The van der Waals surface area contributed by atoms with E-state index in [9.17, 15) is 9.36 Å². The van der Waals surface area contributed by atoms with Gasteiger partial charge in [-0.3, -0.25) is 9.36 Å². The minimum Gasteiger partial charge on any atom is -0.380 e. The van der Waals surface area contributed by atoms with Crippen LogP contribution in [-0.2, 0) is 23.1 Å².